The molecule has 0 saturated heterocycles. The molecule has 1 aliphatic carbocycles. The van der Waals surface area contributed by atoms with E-state index < -0.39 is 0 Å². The van der Waals surface area contributed by atoms with Crippen LogP contribution in [0.25, 0.3) is 10.9 Å². The monoisotopic (exact) mass is 372 g/mol. The van der Waals surface area contributed by atoms with Crippen LogP contribution in [-0.4, -0.2) is 4.98 Å². The van der Waals surface area contributed by atoms with Gasteiger partial charge in [-0.1, -0.05) is 70.0 Å². The Morgan fingerprint density at radius 2 is 1.68 bits per heavy atom. The molecule has 1 aliphatic rings. The lowest BCUT2D eigenvalue weighted by molar-refractivity contribution is 0.527. The lowest BCUT2D eigenvalue weighted by Crippen LogP contribution is -2.28. The summed E-state index contributed by atoms with van der Waals surface area (Å²) in [5.41, 5.74) is 7.57. The highest BCUT2D eigenvalue weighted by atomic mass is 14.9. The van der Waals surface area contributed by atoms with Crippen molar-refractivity contribution in [2.24, 2.45) is 0 Å². The molecule has 0 bridgehead atoms. The second kappa shape index (κ2) is 6.84. The van der Waals surface area contributed by atoms with Crippen LogP contribution in [0, 0.1) is 6.92 Å². The van der Waals surface area contributed by atoms with Gasteiger partial charge in [0.15, 0.2) is 0 Å². The number of fused-ring (bicyclic) bond motifs is 1. The van der Waals surface area contributed by atoms with Crippen molar-refractivity contribution in [1.29, 1.82) is 0 Å². The number of hydrogen-bond donors (Lipinski definition) is 2. The Labute approximate surface area is 169 Å². The normalized spacial score (nSPS) is 16.4. The van der Waals surface area contributed by atoms with Crippen LogP contribution in [0.2, 0.25) is 0 Å². The predicted molar refractivity (Wildman–Crippen MR) is 121 cm³/mol. The number of aromatic amines is 1. The number of aryl methyl sites for hydroxylation is 1. The summed E-state index contributed by atoms with van der Waals surface area (Å²) < 4.78 is 0. The zero-order chi connectivity index (χ0) is 19.9. The first-order valence-corrected chi connectivity index (χ1v) is 10.4. The van der Waals surface area contributed by atoms with Crippen LogP contribution in [0.3, 0.4) is 0 Å². The first kappa shape index (κ1) is 18.9. The van der Waals surface area contributed by atoms with Gasteiger partial charge in [-0.25, -0.2) is 0 Å². The van der Waals surface area contributed by atoms with Crippen LogP contribution >= 0.6 is 0 Å². The number of nitrogens with one attached hydrogen (secondary N) is 2. The maximum atomic E-state index is 4.51. The maximum Gasteiger partial charge on any atom is 0.0457 e. The van der Waals surface area contributed by atoms with Crippen LogP contribution in [0.15, 0.2) is 60.8 Å². The highest BCUT2D eigenvalue weighted by Crippen LogP contribution is 2.46. The summed E-state index contributed by atoms with van der Waals surface area (Å²) in [6, 6.07) is 17.9. The molecule has 1 heterocycles. The van der Waals surface area contributed by atoms with Crippen LogP contribution < -0.4 is 5.32 Å². The van der Waals surface area contributed by atoms with E-state index in [1.54, 1.807) is 0 Å². The maximum absolute atomic E-state index is 4.51. The molecule has 1 saturated carbocycles. The van der Waals surface area contributed by atoms with E-state index in [1.165, 1.54) is 53.4 Å². The van der Waals surface area contributed by atoms with Gasteiger partial charge in [-0.05, 0) is 49.6 Å². The lowest BCUT2D eigenvalue weighted by Gasteiger charge is -2.33. The Kier molecular flexibility index (Phi) is 4.61. The molecule has 146 valence electrons. The lowest BCUT2D eigenvalue weighted by atomic mass is 9.76. The summed E-state index contributed by atoms with van der Waals surface area (Å²) in [7, 11) is 0. The summed E-state index contributed by atoms with van der Waals surface area (Å²) in [6.07, 6.45) is 4.87. The Bertz CT molecular complexity index is 993. The molecule has 0 aliphatic heterocycles. The van der Waals surface area contributed by atoms with E-state index in [1.807, 2.05) is 0 Å². The summed E-state index contributed by atoms with van der Waals surface area (Å²) >= 11 is 0. The van der Waals surface area contributed by atoms with Crippen molar-refractivity contribution in [2.45, 2.75) is 64.2 Å². The van der Waals surface area contributed by atoms with Crippen molar-refractivity contribution in [2.75, 3.05) is 5.32 Å². The van der Waals surface area contributed by atoms with Crippen LogP contribution in [-0.2, 0) is 10.8 Å². The van der Waals surface area contributed by atoms with Gasteiger partial charge < -0.3 is 10.3 Å². The molecule has 0 amide bonds. The van der Waals surface area contributed by atoms with Gasteiger partial charge in [-0.15, -0.1) is 0 Å². The molecule has 1 fully saturated rings. The number of rotatable bonds is 4. The van der Waals surface area contributed by atoms with Crippen LogP contribution in [0.1, 0.15) is 63.3 Å². The zero-order valence-corrected chi connectivity index (χ0v) is 17.7. The number of H-pyrrole nitrogens is 1. The minimum Gasteiger partial charge on any atom is -0.359 e. The topological polar surface area (TPSA) is 27.8 Å². The van der Waals surface area contributed by atoms with Gasteiger partial charge in [-0.2, -0.15) is 0 Å². The minimum atomic E-state index is 0.0391. The number of benzene rings is 2. The molecule has 28 heavy (non-hydrogen) atoms. The van der Waals surface area contributed by atoms with Gasteiger partial charge in [0.2, 0.25) is 0 Å². The van der Waals surface area contributed by atoms with Gasteiger partial charge in [-0.3, -0.25) is 0 Å². The highest BCUT2D eigenvalue weighted by Gasteiger charge is 2.38. The quantitative estimate of drug-likeness (QED) is 0.497. The Balaban J connectivity index is 1.63. The molecule has 2 nitrogen and oxygen atoms in total. The second-order valence-corrected chi connectivity index (χ2v) is 9.49. The third-order valence-corrected chi connectivity index (χ3v) is 6.36. The molecule has 1 aromatic heterocycles. The number of anilines is 1. The zero-order valence-electron chi connectivity index (χ0n) is 17.7. The number of aromatic nitrogens is 1. The van der Waals surface area contributed by atoms with Crippen molar-refractivity contribution in [1.82, 2.24) is 4.98 Å². The Morgan fingerprint density at radius 1 is 1.00 bits per heavy atom. The van der Waals surface area contributed by atoms with Gasteiger partial charge in [0.25, 0.3) is 0 Å². The van der Waals surface area contributed by atoms with E-state index >= 15 is 0 Å². The largest absolute Gasteiger partial charge is 0.359 e. The summed E-state index contributed by atoms with van der Waals surface area (Å²) in [4.78, 5) is 3.56. The van der Waals surface area contributed by atoms with Crippen LogP contribution in [0.4, 0.5) is 5.69 Å². The highest BCUT2D eigenvalue weighted by molar-refractivity contribution is 5.84. The van der Waals surface area contributed by atoms with Crippen LogP contribution in [0.5, 0.6) is 0 Å². The van der Waals surface area contributed by atoms with Gasteiger partial charge in [0.05, 0.1) is 0 Å². The molecular formula is C26H32N2. The van der Waals surface area contributed by atoms with E-state index in [0.29, 0.717) is 0 Å². The van der Waals surface area contributed by atoms with Crippen molar-refractivity contribution in [3.63, 3.8) is 0 Å². The third-order valence-electron chi connectivity index (χ3n) is 6.36. The van der Waals surface area contributed by atoms with E-state index in [0.717, 1.165) is 11.4 Å². The van der Waals surface area contributed by atoms with Crippen molar-refractivity contribution < 1.29 is 0 Å². The molecule has 0 atom stereocenters. The smallest absolute Gasteiger partial charge is 0.0457 e. The fourth-order valence-electron chi connectivity index (χ4n) is 4.52. The van der Waals surface area contributed by atoms with E-state index in [9.17, 15) is 0 Å². The number of allylic oxidation sites excluding steroid dienone is 1. The van der Waals surface area contributed by atoms with E-state index in [-0.39, 0.29) is 10.8 Å². The summed E-state index contributed by atoms with van der Waals surface area (Å²) in [6.45, 7) is 13.4. The minimum absolute atomic E-state index is 0.0391. The van der Waals surface area contributed by atoms with Crippen molar-refractivity contribution >= 4 is 16.6 Å². The average molecular weight is 373 g/mol. The van der Waals surface area contributed by atoms with Gasteiger partial charge in [0, 0.05) is 38.8 Å². The van der Waals surface area contributed by atoms with Crippen molar-refractivity contribution in [3.05, 3.63) is 77.6 Å². The molecule has 0 unspecified atom stereocenters. The molecule has 2 heteroatoms. The summed E-state index contributed by atoms with van der Waals surface area (Å²) in [5.74, 6) is 0. The van der Waals surface area contributed by atoms with E-state index in [4.69, 9.17) is 0 Å². The molecule has 0 spiro atoms. The average Bonchev–Trinajstić information content (AvgIpc) is 3.29. The Morgan fingerprint density at radius 3 is 2.32 bits per heavy atom. The molecule has 3 aromatic rings. The standard InChI is InChI=1S/C26H32N2/c1-18-8-10-21(11-9-18)26(14-6-7-15-26)19(2)27-22-12-13-23-20(16-22)17-24(28-23)25(3,4)5/h8-13,16-17,27-28H,2,6-7,14-15H2,1,3-5H3. The fraction of sp³-hybridized carbons (Fsp3) is 0.385. The van der Waals surface area contributed by atoms with Crippen molar-refractivity contribution in [3.8, 4) is 0 Å². The fourth-order valence-corrected chi connectivity index (χ4v) is 4.52. The predicted octanol–water partition coefficient (Wildman–Crippen LogP) is 7.21. The van der Waals surface area contributed by atoms with E-state index in [2.05, 4.69) is 93.1 Å². The molecule has 2 aromatic carbocycles. The molecule has 4 rings (SSSR count). The number of hydrogen-bond acceptors (Lipinski definition) is 1. The molecular weight excluding hydrogens is 340 g/mol. The molecule has 2 N–H and O–H groups in total. The Hall–Kier alpha value is -2.48. The van der Waals surface area contributed by atoms with Gasteiger partial charge >= 0.3 is 0 Å². The SMILES string of the molecule is C=C(Nc1ccc2[nH]c(C(C)(C)C)cc2c1)C1(c2ccc(C)cc2)CCCC1. The third kappa shape index (κ3) is 3.37. The summed E-state index contributed by atoms with van der Waals surface area (Å²) in [5, 5.41) is 4.92. The first-order chi connectivity index (χ1) is 13.3. The van der Waals surface area contributed by atoms with Gasteiger partial charge in [0.1, 0.15) is 0 Å². The second-order valence-electron chi connectivity index (χ2n) is 9.49. The first-order valence-electron chi connectivity index (χ1n) is 10.4. The molecule has 0 radical (unpaired) electrons.